The Balaban J connectivity index is 0.000000620. The van der Waals surface area contributed by atoms with Gasteiger partial charge in [-0.15, -0.1) is 0 Å². The molecular weight excluding hydrogens is 343 g/mol. The third-order valence-electron chi connectivity index (χ3n) is 2.74. The average molecular weight is 361 g/mol. The molecule has 0 spiro atoms. The molecule has 1 atom stereocenters. The monoisotopic (exact) mass is 361 g/mol. The van der Waals surface area contributed by atoms with Crippen LogP contribution in [-0.2, 0) is 11.2 Å². The molecule has 0 fully saturated rings. The molecule has 4 N–H and O–H groups in total. The quantitative estimate of drug-likeness (QED) is 0.768. The molecule has 0 saturated heterocycles. The molecule has 0 aliphatic rings. The summed E-state index contributed by atoms with van der Waals surface area (Å²) >= 11 is 0. The number of rotatable bonds is 4. The number of halogens is 3. The molecule has 2 rings (SSSR count). The van der Waals surface area contributed by atoms with E-state index in [1.54, 1.807) is 6.07 Å². The fourth-order valence-electron chi connectivity index (χ4n) is 1.64. The lowest BCUT2D eigenvalue weighted by molar-refractivity contribution is -0.192. The first-order chi connectivity index (χ1) is 11.1. The molecule has 2 aromatic rings. The first kappa shape index (κ1) is 22.2. The Kier molecular flexibility index (Phi) is 8.41. The number of nitrogens with two attached hydrogens (primary N) is 1. The van der Waals surface area contributed by atoms with E-state index in [1.165, 1.54) is 6.07 Å². The highest BCUT2D eigenvalue weighted by atomic mass is 19.4. The van der Waals surface area contributed by atoms with Gasteiger partial charge in [0.05, 0.1) is 6.04 Å². The van der Waals surface area contributed by atoms with E-state index in [2.05, 4.69) is 0 Å². The van der Waals surface area contributed by atoms with Gasteiger partial charge in [-0.1, -0.05) is 37.8 Å². The van der Waals surface area contributed by atoms with Crippen LogP contribution in [0.4, 0.5) is 13.2 Å². The lowest BCUT2D eigenvalue weighted by Crippen LogP contribution is -2.21. The molecular formula is C16H18F3NO5. The molecule has 138 valence electrons. The Morgan fingerprint density at radius 1 is 1.08 bits per heavy atom. The molecule has 0 saturated carbocycles. The van der Waals surface area contributed by atoms with E-state index in [-0.39, 0.29) is 19.2 Å². The molecule has 0 aliphatic heterocycles. The number of hydrogen-bond donors (Lipinski definition) is 3. The number of carbonyl (C=O) groups is 2. The first-order valence-electron chi connectivity index (χ1n) is 6.54. The minimum Gasteiger partial charge on any atom is -0.475 e. The van der Waals surface area contributed by atoms with E-state index in [0.29, 0.717) is 12.2 Å². The number of furan rings is 1. The van der Waals surface area contributed by atoms with E-state index in [1.807, 2.05) is 30.3 Å². The summed E-state index contributed by atoms with van der Waals surface area (Å²) in [6.45, 7) is 0. The van der Waals surface area contributed by atoms with Crippen LogP contribution >= 0.6 is 0 Å². The Bertz CT molecular complexity index is 683. The fourth-order valence-corrected chi connectivity index (χ4v) is 1.64. The smallest absolute Gasteiger partial charge is 0.475 e. The second-order valence-corrected chi connectivity index (χ2v) is 4.61. The third-order valence-corrected chi connectivity index (χ3v) is 2.74. The van der Waals surface area contributed by atoms with Crippen LogP contribution in [0.2, 0.25) is 0 Å². The number of aliphatic carboxylic acids is 1. The minimum atomic E-state index is -5.08. The maximum atomic E-state index is 10.7. The van der Waals surface area contributed by atoms with Gasteiger partial charge in [0, 0.05) is 0 Å². The molecule has 25 heavy (non-hydrogen) atoms. The maximum Gasteiger partial charge on any atom is 0.490 e. The van der Waals surface area contributed by atoms with Crippen molar-refractivity contribution in [2.75, 3.05) is 0 Å². The van der Waals surface area contributed by atoms with Crippen LogP contribution < -0.4 is 5.73 Å². The lowest BCUT2D eigenvalue weighted by atomic mass is 10.1. The number of aromatic carboxylic acids is 1. The van der Waals surface area contributed by atoms with Crippen LogP contribution in [0.3, 0.4) is 0 Å². The summed E-state index contributed by atoms with van der Waals surface area (Å²) in [5, 5.41) is 15.9. The van der Waals surface area contributed by atoms with Gasteiger partial charge in [0.2, 0.25) is 5.76 Å². The van der Waals surface area contributed by atoms with Crippen LogP contribution in [0, 0.1) is 0 Å². The van der Waals surface area contributed by atoms with Crippen molar-refractivity contribution in [3.63, 3.8) is 0 Å². The highest BCUT2D eigenvalue weighted by molar-refractivity contribution is 5.84. The zero-order valence-corrected chi connectivity index (χ0v) is 12.2. The van der Waals surface area contributed by atoms with Crippen LogP contribution in [0.1, 0.15) is 35.3 Å². The predicted molar refractivity (Wildman–Crippen MR) is 83.2 cm³/mol. The SMILES string of the molecule is C.N[C@H](Cc1ccccc1)c1ccc(C(=O)O)o1.O=C(O)C(F)(F)F. The summed E-state index contributed by atoms with van der Waals surface area (Å²) in [6, 6.07) is 12.5. The summed E-state index contributed by atoms with van der Waals surface area (Å²) in [6.07, 6.45) is -4.46. The van der Waals surface area contributed by atoms with Gasteiger partial charge in [0.15, 0.2) is 0 Å². The maximum absolute atomic E-state index is 10.7. The van der Waals surface area contributed by atoms with E-state index in [4.69, 9.17) is 25.2 Å². The summed E-state index contributed by atoms with van der Waals surface area (Å²) in [5.74, 6) is -3.43. The van der Waals surface area contributed by atoms with Crippen molar-refractivity contribution in [1.82, 2.24) is 0 Å². The van der Waals surface area contributed by atoms with Crippen molar-refractivity contribution in [3.05, 3.63) is 59.5 Å². The van der Waals surface area contributed by atoms with Gasteiger partial charge in [-0.05, 0) is 24.1 Å². The van der Waals surface area contributed by atoms with Crippen LogP contribution in [0.25, 0.3) is 0 Å². The normalized spacial score (nSPS) is 11.5. The molecule has 0 bridgehead atoms. The summed E-state index contributed by atoms with van der Waals surface area (Å²) < 4.78 is 36.9. The lowest BCUT2D eigenvalue weighted by Gasteiger charge is -2.08. The van der Waals surface area contributed by atoms with Gasteiger partial charge in [-0.3, -0.25) is 0 Å². The Morgan fingerprint density at radius 3 is 2.00 bits per heavy atom. The number of alkyl halides is 3. The Morgan fingerprint density at radius 2 is 1.60 bits per heavy atom. The van der Waals surface area contributed by atoms with Crippen molar-refractivity contribution in [1.29, 1.82) is 0 Å². The van der Waals surface area contributed by atoms with E-state index in [0.717, 1.165) is 5.56 Å². The highest BCUT2D eigenvalue weighted by Gasteiger charge is 2.38. The van der Waals surface area contributed by atoms with Gasteiger partial charge in [0.25, 0.3) is 0 Å². The highest BCUT2D eigenvalue weighted by Crippen LogP contribution is 2.18. The second-order valence-electron chi connectivity index (χ2n) is 4.61. The van der Waals surface area contributed by atoms with Gasteiger partial charge >= 0.3 is 18.1 Å². The summed E-state index contributed by atoms with van der Waals surface area (Å²) in [5.41, 5.74) is 7.04. The van der Waals surface area contributed by atoms with Gasteiger partial charge in [-0.25, -0.2) is 9.59 Å². The molecule has 1 aromatic carbocycles. The zero-order valence-electron chi connectivity index (χ0n) is 12.2. The standard InChI is InChI=1S/C13H13NO3.C2HF3O2.CH4/c14-10(8-9-4-2-1-3-5-9)11-6-7-12(17-11)13(15)16;3-2(4,5)1(6)7;/h1-7,10H,8,14H2,(H,15,16);(H,6,7);1H4/t10-;;/m1../s1. The Labute approximate surface area is 141 Å². The van der Waals surface area contributed by atoms with E-state index < -0.39 is 18.1 Å². The Hall–Kier alpha value is -2.81. The van der Waals surface area contributed by atoms with Crippen molar-refractivity contribution in [3.8, 4) is 0 Å². The molecule has 1 heterocycles. The van der Waals surface area contributed by atoms with Crippen molar-refractivity contribution < 1.29 is 37.4 Å². The van der Waals surface area contributed by atoms with Gasteiger partial charge in [0.1, 0.15) is 5.76 Å². The van der Waals surface area contributed by atoms with E-state index in [9.17, 15) is 18.0 Å². The largest absolute Gasteiger partial charge is 0.490 e. The van der Waals surface area contributed by atoms with Gasteiger partial charge in [-0.2, -0.15) is 13.2 Å². The van der Waals surface area contributed by atoms with Crippen molar-refractivity contribution in [2.24, 2.45) is 5.73 Å². The van der Waals surface area contributed by atoms with Gasteiger partial charge < -0.3 is 20.4 Å². The second kappa shape index (κ2) is 9.48. The molecule has 0 aliphatic carbocycles. The number of benzene rings is 1. The average Bonchev–Trinajstić information content (AvgIpc) is 2.98. The third kappa shape index (κ3) is 7.53. The molecule has 9 heteroatoms. The molecule has 6 nitrogen and oxygen atoms in total. The summed E-state index contributed by atoms with van der Waals surface area (Å²) in [4.78, 5) is 19.6. The van der Waals surface area contributed by atoms with Crippen molar-refractivity contribution in [2.45, 2.75) is 26.1 Å². The fraction of sp³-hybridized carbons (Fsp3) is 0.250. The van der Waals surface area contributed by atoms with Crippen molar-refractivity contribution >= 4 is 11.9 Å². The predicted octanol–water partition coefficient (Wildman–Crippen LogP) is 3.49. The number of carboxylic acids is 2. The minimum absolute atomic E-state index is 0. The molecule has 0 radical (unpaired) electrons. The molecule has 0 amide bonds. The zero-order chi connectivity index (χ0) is 18.3. The number of carboxylic acid groups (broad SMARTS) is 2. The van der Waals surface area contributed by atoms with Crippen LogP contribution in [0.15, 0.2) is 46.9 Å². The topological polar surface area (TPSA) is 114 Å². The van der Waals surface area contributed by atoms with Crippen LogP contribution in [-0.4, -0.2) is 28.3 Å². The van der Waals surface area contributed by atoms with E-state index >= 15 is 0 Å². The molecule has 0 unspecified atom stereocenters. The first-order valence-corrected chi connectivity index (χ1v) is 6.54. The van der Waals surface area contributed by atoms with Crippen LogP contribution in [0.5, 0.6) is 0 Å². The number of hydrogen-bond acceptors (Lipinski definition) is 4. The summed E-state index contributed by atoms with van der Waals surface area (Å²) in [7, 11) is 0. The molecule has 1 aromatic heterocycles.